The molecule has 76 valence electrons. The molecule has 0 spiro atoms. The second-order valence-electron chi connectivity index (χ2n) is 4.27. The Labute approximate surface area is 89.5 Å². The van der Waals surface area contributed by atoms with Crippen molar-refractivity contribution < 1.29 is 0 Å². The quantitative estimate of drug-likeness (QED) is 0.645. The van der Waals surface area contributed by atoms with Gasteiger partial charge < -0.3 is 4.90 Å². The van der Waals surface area contributed by atoms with E-state index in [-0.39, 0.29) is 0 Å². The fourth-order valence-electron chi connectivity index (χ4n) is 2.35. The number of benzene rings is 1. The van der Waals surface area contributed by atoms with Gasteiger partial charge in [-0.3, -0.25) is 4.98 Å². The van der Waals surface area contributed by atoms with Gasteiger partial charge in [0.15, 0.2) is 0 Å². The molecule has 1 aliphatic rings. The molecule has 2 aromatic rings. The molecule has 0 radical (unpaired) electrons. The zero-order valence-electron chi connectivity index (χ0n) is 8.90. The molecule has 0 amide bonds. The molecule has 3 rings (SSSR count). The molecule has 2 heteroatoms. The molecule has 0 atom stereocenters. The van der Waals surface area contributed by atoms with E-state index < -0.39 is 0 Å². The predicted octanol–water partition coefficient (Wildman–Crippen LogP) is 2.22. The number of nitrogens with zero attached hydrogens (tertiary/aromatic N) is 2. The molecular weight excluding hydrogens is 184 g/mol. The Morgan fingerprint density at radius 1 is 1.27 bits per heavy atom. The Hall–Kier alpha value is -1.41. The van der Waals surface area contributed by atoms with E-state index in [4.69, 9.17) is 0 Å². The van der Waals surface area contributed by atoms with Crippen LogP contribution in [0.25, 0.3) is 10.9 Å². The average Bonchev–Trinajstić information content (AvgIpc) is 2.28. The number of pyridine rings is 1. The first-order valence-corrected chi connectivity index (χ1v) is 5.38. The molecule has 0 unspecified atom stereocenters. The zero-order chi connectivity index (χ0) is 10.3. The second kappa shape index (κ2) is 3.31. The number of hydrogen-bond acceptors (Lipinski definition) is 2. The second-order valence-corrected chi connectivity index (χ2v) is 4.27. The molecule has 15 heavy (non-hydrogen) atoms. The van der Waals surface area contributed by atoms with E-state index in [9.17, 15) is 0 Å². The average molecular weight is 198 g/mol. The molecule has 2 heterocycles. The fourth-order valence-corrected chi connectivity index (χ4v) is 2.35. The maximum Gasteiger partial charge on any atom is 0.0737 e. The van der Waals surface area contributed by atoms with Crippen molar-refractivity contribution >= 4 is 10.9 Å². The fraction of sp³-hybridized carbons (Fsp3) is 0.308. The summed E-state index contributed by atoms with van der Waals surface area (Å²) >= 11 is 0. The van der Waals surface area contributed by atoms with E-state index in [1.807, 2.05) is 12.3 Å². The Morgan fingerprint density at radius 2 is 2.20 bits per heavy atom. The summed E-state index contributed by atoms with van der Waals surface area (Å²) in [5, 5.41) is 1.26. The summed E-state index contributed by atoms with van der Waals surface area (Å²) in [7, 11) is 2.17. The third-order valence-electron chi connectivity index (χ3n) is 3.16. The van der Waals surface area contributed by atoms with Gasteiger partial charge in [0, 0.05) is 24.7 Å². The Kier molecular flexibility index (Phi) is 1.96. The molecule has 0 saturated heterocycles. The highest BCUT2D eigenvalue weighted by molar-refractivity contribution is 5.83. The minimum absolute atomic E-state index is 1.06. The van der Waals surface area contributed by atoms with Crippen LogP contribution < -0.4 is 0 Å². The summed E-state index contributed by atoms with van der Waals surface area (Å²) < 4.78 is 0. The molecule has 1 aliphatic heterocycles. The smallest absolute Gasteiger partial charge is 0.0737 e. The number of fused-ring (bicyclic) bond motifs is 3. The third-order valence-corrected chi connectivity index (χ3v) is 3.16. The van der Waals surface area contributed by atoms with Crippen molar-refractivity contribution in [1.29, 1.82) is 0 Å². The first-order valence-electron chi connectivity index (χ1n) is 5.38. The van der Waals surface area contributed by atoms with E-state index >= 15 is 0 Å². The van der Waals surface area contributed by atoms with Crippen molar-refractivity contribution in [3.63, 3.8) is 0 Å². The van der Waals surface area contributed by atoms with Crippen LogP contribution in [0.1, 0.15) is 11.1 Å². The molecule has 0 aliphatic carbocycles. The van der Waals surface area contributed by atoms with Gasteiger partial charge in [0.25, 0.3) is 0 Å². The van der Waals surface area contributed by atoms with Gasteiger partial charge in [0.1, 0.15) is 0 Å². The highest BCUT2D eigenvalue weighted by Crippen LogP contribution is 2.25. The topological polar surface area (TPSA) is 16.1 Å². The SMILES string of the molecule is CN1CCc2c(ccc3cccnc23)C1. The summed E-state index contributed by atoms with van der Waals surface area (Å²) in [6.45, 7) is 2.20. The number of aromatic nitrogens is 1. The molecule has 1 aromatic carbocycles. The van der Waals surface area contributed by atoms with Crippen molar-refractivity contribution in [2.24, 2.45) is 0 Å². The molecule has 1 aromatic heterocycles. The van der Waals surface area contributed by atoms with Gasteiger partial charge in [-0.15, -0.1) is 0 Å². The van der Waals surface area contributed by atoms with E-state index in [1.54, 1.807) is 0 Å². The number of hydrogen-bond donors (Lipinski definition) is 0. The maximum absolute atomic E-state index is 4.50. The highest BCUT2D eigenvalue weighted by Gasteiger charge is 2.15. The zero-order valence-corrected chi connectivity index (χ0v) is 8.90. The maximum atomic E-state index is 4.50. The van der Waals surface area contributed by atoms with Crippen LogP contribution in [-0.2, 0) is 13.0 Å². The van der Waals surface area contributed by atoms with Crippen LogP contribution >= 0.6 is 0 Å². The Morgan fingerprint density at radius 3 is 3.13 bits per heavy atom. The van der Waals surface area contributed by atoms with Crippen LogP contribution in [0, 0.1) is 0 Å². The van der Waals surface area contributed by atoms with Crippen LogP contribution in [0.5, 0.6) is 0 Å². The Balaban J connectivity index is 2.25. The summed E-state index contributed by atoms with van der Waals surface area (Å²) in [5.74, 6) is 0. The number of rotatable bonds is 0. The van der Waals surface area contributed by atoms with Crippen molar-refractivity contribution in [3.8, 4) is 0 Å². The van der Waals surface area contributed by atoms with Crippen LogP contribution in [-0.4, -0.2) is 23.5 Å². The van der Waals surface area contributed by atoms with E-state index in [2.05, 4.69) is 35.1 Å². The van der Waals surface area contributed by atoms with Crippen LogP contribution in [0.2, 0.25) is 0 Å². The third kappa shape index (κ3) is 1.41. The molecule has 0 N–H and O–H groups in total. The van der Waals surface area contributed by atoms with Gasteiger partial charge in [-0.05, 0) is 30.7 Å². The van der Waals surface area contributed by atoms with Crippen molar-refractivity contribution in [2.45, 2.75) is 13.0 Å². The molecule has 0 saturated carbocycles. The minimum atomic E-state index is 1.06. The van der Waals surface area contributed by atoms with Gasteiger partial charge in [-0.25, -0.2) is 0 Å². The van der Waals surface area contributed by atoms with Gasteiger partial charge >= 0.3 is 0 Å². The van der Waals surface area contributed by atoms with E-state index in [0.717, 1.165) is 19.5 Å². The lowest BCUT2D eigenvalue weighted by Gasteiger charge is -2.25. The highest BCUT2D eigenvalue weighted by atomic mass is 15.1. The summed E-state index contributed by atoms with van der Waals surface area (Å²) in [6, 6.07) is 8.57. The van der Waals surface area contributed by atoms with Crippen molar-refractivity contribution in [3.05, 3.63) is 41.6 Å². The van der Waals surface area contributed by atoms with Crippen LogP contribution in [0.3, 0.4) is 0 Å². The van der Waals surface area contributed by atoms with Crippen molar-refractivity contribution in [2.75, 3.05) is 13.6 Å². The summed E-state index contributed by atoms with van der Waals surface area (Å²) in [6.07, 6.45) is 3.01. The van der Waals surface area contributed by atoms with Gasteiger partial charge in [0.05, 0.1) is 5.52 Å². The lowest BCUT2D eigenvalue weighted by Crippen LogP contribution is -2.26. The molecular formula is C13H14N2. The normalized spacial score (nSPS) is 16.6. The van der Waals surface area contributed by atoms with E-state index in [1.165, 1.54) is 22.0 Å². The largest absolute Gasteiger partial charge is 0.302 e. The van der Waals surface area contributed by atoms with Gasteiger partial charge in [-0.2, -0.15) is 0 Å². The Bertz CT molecular complexity index is 505. The first-order chi connectivity index (χ1) is 7.34. The van der Waals surface area contributed by atoms with E-state index in [0.29, 0.717) is 0 Å². The predicted molar refractivity (Wildman–Crippen MR) is 61.8 cm³/mol. The lowest BCUT2D eigenvalue weighted by molar-refractivity contribution is 0.314. The first kappa shape index (κ1) is 8.86. The van der Waals surface area contributed by atoms with Crippen molar-refractivity contribution in [1.82, 2.24) is 9.88 Å². The van der Waals surface area contributed by atoms with Gasteiger partial charge in [-0.1, -0.05) is 18.2 Å². The summed E-state index contributed by atoms with van der Waals surface area (Å²) in [5.41, 5.74) is 4.09. The van der Waals surface area contributed by atoms with Crippen LogP contribution in [0.4, 0.5) is 0 Å². The minimum Gasteiger partial charge on any atom is -0.302 e. The monoisotopic (exact) mass is 198 g/mol. The summed E-state index contributed by atoms with van der Waals surface area (Å²) in [4.78, 5) is 6.86. The molecule has 0 bridgehead atoms. The van der Waals surface area contributed by atoms with Gasteiger partial charge in [0.2, 0.25) is 0 Å². The van der Waals surface area contributed by atoms with Crippen LogP contribution in [0.15, 0.2) is 30.5 Å². The molecule has 2 nitrogen and oxygen atoms in total. The molecule has 0 fully saturated rings. The number of likely N-dealkylation sites (N-methyl/N-ethyl adjacent to an activating group) is 1. The lowest BCUT2D eigenvalue weighted by atomic mass is 9.97. The standard InChI is InChI=1S/C13H14N2/c1-15-8-6-12-11(9-15)5-4-10-3-2-7-14-13(10)12/h2-5,7H,6,8-9H2,1H3.